The van der Waals surface area contributed by atoms with Crippen molar-refractivity contribution in [1.82, 2.24) is 14.9 Å². The number of ether oxygens (including phenoxy) is 2. The highest BCUT2D eigenvalue weighted by atomic mass is 16.7. The van der Waals surface area contributed by atoms with Gasteiger partial charge in [-0.25, -0.2) is 4.98 Å². The number of hydrogen-bond donors (Lipinski definition) is 3. The van der Waals surface area contributed by atoms with E-state index in [1.54, 1.807) is 6.20 Å². The van der Waals surface area contributed by atoms with Gasteiger partial charge in [-0.3, -0.25) is 4.99 Å². The van der Waals surface area contributed by atoms with Gasteiger partial charge in [0.2, 0.25) is 6.79 Å². The molecule has 0 amide bonds. The van der Waals surface area contributed by atoms with Gasteiger partial charge < -0.3 is 30.4 Å². The molecule has 0 spiro atoms. The van der Waals surface area contributed by atoms with E-state index in [1.165, 1.54) is 0 Å². The molecule has 0 unspecified atom stereocenters. The van der Waals surface area contributed by atoms with Crippen molar-refractivity contribution in [2.24, 2.45) is 10.7 Å². The van der Waals surface area contributed by atoms with Crippen LogP contribution in [0.4, 0.5) is 5.69 Å². The third kappa shape index (κ3) is 4.39. The maximum absolute atomic E-state index is 5.57. The second-order valence-corrected chi connectivity index (χ2v) is 5.29. The van der Waals surface area contributed by atoms with Crippen LogP contribution in [-0.2, 0) is 6.54 Å². The van der Waals surface area contributed by atoms with E-state index in [0.717, 1.165) is 30.2 Å². The Morgan fingerprint density at radius 2 is 2.25 bits per heavy atom. The van der Waals surface area contributed by atoms with E-state index in [2.05, 4.69) is 20.6 Å². The molecule has 2 aromatic rings. The predicted octanol–water partition coefficient (Wildman–Crippen LogP) is 1.02. The van der Waals surface area contributed by atoms with Gasteiger partial charge in [0.1, 0.15) is 0 Å². The number of guanidine groups is 1. The van der Waals surface area contributed by atoms with E-state index < -0.39 is 0 Å². The number of aryl methyl sites for hydroxylation is 1. The predicted molar refractivity (Wildman–Crippen MR) is 92.4 cm³/mol. The van der Waals surface area contributed by atoms with Crippen molar-refractivity contribution in [1.29, 1.82) is 0 Å². The molecule has 128 valence electrons. The van der Waals surface area contributed by atoms with Crippen LogP contribution in [0, 0.1) is 0 Å². The van der Waals surface area contributed by atoms with Crippen LogP contribution in [0.2, 0.25) is 0 Å². The summed E-state index contributed by atoms with van der Waals surface area (Å²) in [5, 5.41) is 6.47. The largest absolute Gasteiger partial charge is 0.454 e. The van der Waals surface area contributed by atoms with E-state index >= 15 is 0 Å². The molecule has 0 saturated carbocycles. The number of hydrogen-bond acceptors (Lipinski definition) is 5. The van der Waals surface area contributed by atoms with Gasteiger partial charge in [0.15, 0.2) is 17.5 Å². The van der Waals surface area contributed by atoms with Gasteiger partial charge in [-0.05, 0) is 18.6 Å². The van der Waals surface area contributed by atoms with Crippen molar-refractivity contribution < 1.29 is 9.47 Å². The molecular formula is C16H22N6O2. The van der Waals surface area contributed by atoms with Crippen LogP contribution < -0.4 is 25.8 Å². The summed E-state index contributed by atoms with van der Waals surface area (Å²) >= 11 is 0. The molecule has 8 heteroatoms. The molecule has 3 rings (SSSR count). The first-order chi connectivity index (χ1) is 11.8. The summed E-state index contributed by atoms with van der Waals surface area (Å²) < 4.78 is 12.7. The summed E-state index contributed by atoms with van der Waals surface area (Å²) in [5.41, 5.74) is 6.46. The number of imidazole rings is 1. The average molecular weight is 330 g/mol. The number of nitrogens with two attached hydrogens (primary N) is 1. The molecular weight excluding hydrogens is 308 g/mol. The van der Waals surface area contributed by atoms with Crippen LogP contribution in [0.15, 0.2) is 41.9 Å². The van der Waals surface area contributed by atoms with Gasteiger partial charge >= 0.3 is 0 Å². The lowest BCUT2D eigenvalue weighted by Crippen LogP contribution is -2.34. The number of nitrogens with one attached hydrogen (secondary N) is 2. The van der Waals surface area contributed by atoms with Crippen molar-refractivity contribution in [3.63, 3.8) is 0 Å². The lowest BCUT2D eigenvalue weighted by molar-refractivity contribution is 0.174. The summed E-state index contributed by atoms with van der Waals surface area (Å²) in [6.07, 6.45) is 6.45. The number of aliphatic imine (C=N–C) groups is 1. The fourth-order valence-corrected chi connectivity index (χ4v) is 2.30. The summed E-state index contributed by atoms with van der Waals surface area (Å²) in [7, 11) is 0. The maximum Gasteiger partial charge on any atom is 0.231 e. The van der Waals surface area contributed by atoms with Crippen LogP contribution in [0.25, 0.3) is 0 Å². The molecule has 24 heavy (non-hydrogen) atoms. The Morgan fingerprint density at radius 3 is 3.08 bits per heavy atom. The Balaban J connectivity index is 1.57. The molecule has 1 aliphatic rings. The Morgan fingerprint density at radius 1 is 1.33 bits per heavy atom. The van der Waals surface area contributed by atoms with Gasteiger partial charge in [-0.15, -0.1) is 0 Å². The number of anilines is 1. The average Bonchev–Trinajstić information content (AvgIpc) is 3.27. The number of aromatic nitrogens is 2. The van der Waals surface area contributed by atoms with Crippen molar-refractivity contribution in [2.75, 3.05) is 31.7 Å². The van der Waals surface area contributed by atoms with Crippen LogP contribution >= 0.6 is 0 Å². The Hall–Kier alpha value is -2.74. The zero-order chi connectivity index (χ0) is 16.6. The van der Waals surface area contributed by atoms with E-state index in [4.69, 9.17) is 15.2 Å². The maximum atomic E-state index is 5.57. The second kappa shape index (κ2) is 8.21. The van der Waals surface area contributed by atoms with Crippen LogP contribution in [0.3, 0.4) is 0 Å². The second-order valence-electron chi connectivity index (χ2n) is 5.29. The third-order valence-corrected chi connectivity index (χ3v) is 3.48. The topological polar surface area (TPSA) is 98.7 Å². The minimum Gasteiger partial charge on any atom is -0.454 e. The molecule has 8 nitrogen and oxygen atoms in total. The van der Waals surface area contributed by atoms with Crippen molar-refractivity contribution in [3.8, 4) is 11.5 Å². The first kappa shape index (κ1) is 16.1. The fraction of sp³-hybridized carbons (Fsp3) is 0.375. The minimum absolute atomic E-state index is 0.263. The lowest BCUT2D eigenvalue weighted by atomic mass is 10.3. The lowest BCUT2D eigenvalue weighted by Gasteiger charge is -2.12. The SMILES string of the molecule is NCCNC(=NCCCn1ccnc1)Nc1ccc2c(c1)OCO2. The highest BCUT2D eigenvalue weighted by Crippen LogP contribution is 2.34. The normalized spacial score (nSPS) is 13.1. The first-order valence-electron chi connectivity index (χ1n) is 7.96. The molecule has 0 fully saturated rings. The quantitative estimate of drug-likeness (QED) is 0.398. The zero-order valence-electron chi connectivity index (χ0n) is 13.4. The highest BCUT2D eigenvalue weighted by molar-refractivity contribution is 5.94. The number of rotatable bonds is 7. The van der Waals surface area contributed by atoms with Gasteiger partial charge in [-0.2, -0.15) is 0 Å². The monoisotopic (exact) mass is 330 g/mol. The van der Waals surface area contributed by atoms with Gasteiger partial charge in [0.05, 0.1) is 6.33 Å². The number of benzene rings is 1. The summed E-state index contributed by atoms with van der Waals surface area (Å²) in [6, 6.07) is 5.70. The molecule has 0 saturated heterocycles. The standard InChI is InChI=1S/C16H22N6O2/c17-4-6-20-16(19-5-1-8-22-9-7-18-11-22)21-13-2-3-14-15(10-13)24-12-23-14/h2-3,7,9-11H,1,4-6,8,12,17H2,(H2,19,20,21). The smallest absolute Gasteiger partial charge is 0.231 e. The molecule has 0 aliphatic carbocycles. The summed E-state index contributed by atoms with van der Waals surface area (Å²) in [4.78, 5) is 8.61. The third-order valence-electron chi connectivity index (χ3n) is 3.48. The van der Waals surface area contributed by atoms with E-state index in [9.17, 15) is 0 Å². The van der Waals surface area contributed by atoms with Gasteiger partial charge in [-0.1, -0.05) is 0 Å². The molecule has 0 bridgehead atoms. The zero-order valence-corrected chi connectivity index (χ0v) is 13.4. The molecule has 1 aromatic heterocycles. The van der Waals surface area contributed by atoms with E-state index in [0.29, 0.717) is 25.6 Å². The van der Waals surface area contributed by atoms with Gasteiger partial charge in [0.25, 0.3) is 0 Å². The molecule has 0 radical (unpaired) electrons. The Labute approximate surface area is 140 Å². The summed E-state index contributed by atoms with van der Waals surface area (Å²) in [5.74, 6) is 2.19. The molecule has 1 aliphatic heterocycles. The molecule has 2 heterocycles. The minimum atomic E-state index is 0.263. The van der Waals surface area contributed by atoms with Crippen molar-refractivity contribution in [3.05, 3.63) is 36.9 Å². The molecule has 4 N–H and O–H groups in total. The summed E-state index contributed by atoms with van der Waals surface area (Å²) in [6.45, 7) is 3.04. The van der Waals surface area contributed by atoms with Crippen LogP contribution in [0.5, 0.6) is 11.5 Å². The van der Waals surface area contributed by atoms with Crippen molar-refractivity contribution in [2.45, 2.75) is 13.0 Å². The van der Waals surface area contributed by atoms with E-state index in [1.807, 2.05) is 35.3 Å². The number of nitrogens with zero attached hydrogens (tertiary/aromatic N) is 3. The van der Waals surface area contributed by atoms with Crippen molar-refractivity contribution >= 4 is 11.6 Å². The number of fused-ring (bicyclic) bond motifs is 1. The Kier molecular flexibility index (Phi) is 5.52. The van der Waals surface area contributed by atoms with E-state index in [-0.39, 0.29) is 6.79 Å². The molecule has 0 atom stereocenters. The highest BCUT2D eigenvalue weighted by Gasteiger charge is 2.13. The fourth-order valence-electron chi connectivity index (χ4n) is 2.30. The molecule has 1 aromatic carbocycles. The van der Waals surface area contributed by atoms with Crippen LogP contribution in [0.1, 0.15) is 6.42 Å². The van der Waals surface area contributed by atoms with Crippen LogP contribution in [-0.4, -0.2) is 41.9 Å². The Bertz CT molecular complexity index is 671. The van der Waals surface area contributed by atoms with Gasteiger partial charge in [0, 0.05) is 50.3 Å². The first-order valence-corrected chi connectivity index (χ1v) is 7.96.